The minimum Gasteiger partial charge on any atom is -0.548 e. The predicted octanol–water partition coefficient (Wildman–Crippen LogP) is 1.80. The van der Waals surface area contributed by atoms with E-state index in [1.807, 2.05) is 0 Å². The molecule has 0 bridgehead atoms. The van der Waals surface area contributed by atoms with Crippen molar-refractivity contribution in [3.63, 3.8) is 0 Å². The fourth-order valence-corrected chi connectivity index (χ4v) is 6.93. The van der Waals surface area contributed by atoms with E-state index in [2.05, 4.69) is 4.74 Å². The molecule has 208 valence electrons. The highest BCUT2D eigenvalue weighted by Gasteiger charge is 2.51. The van der Waals surface area contributed by atoms with Crippen molar-refractivity contribution in [3.05, 3.63) is 24.3 Å². The molecule has 4 rings (SSSR count). The molecule has 3 fully saturated rings. The number of alkyl halides is 3. The highest BCUT2D eigenvalue weighted by Crippen LogP contribution is 2.35. The Morgan fingerprint density at radius 2 is 1.62 bits per heavy atom. The van der Waals surface area contributed by atoms with Crippen LogP contribution in [0.25, 0.3) is 0 Å². The van der Waals surface area contributed by atoms with E-state index in [0.717, 1.165) is 31.4 Å². The summed E-state index contributed by atoms with van der Waals surface area (Å²) in [4.78, 5) is 18.0. The summed E-state index contributed by atoms with van der Waals surface area (Å²) in [6.45, 7) is 0.912. The van der Waals surface area contributed by atoms with Crippen molar-refractivity contribution in [2.24, 2.45) is 0 Å². The van der Waals surface area contributed by atoms with Crippen LogP contribution in [0, 0.1) is 0 Å². The Morgan fingerprint density at radius 3 is 2.16 bits per heavy atom. The largest absolute Gasteiger partial charge is 0.573 e. The van der Waals surface area contributed by atoms with Gasteiger partial charge in [-0.05, 0) is 62.8 Å². The van der Waals surface area contributed by atoms with Crippen LogP contribution in [0.4, 0.5) is 13.2 Å². The number of benzene rings is 1. The average molecular weight is 552 g/mol. The molecule has 1 aromatic rings. The molecule has 10 nitrogen and oxygen atoms in total. The SMILES string of the molecule is O=C([O-])C1(S(=O)(=O)N2CCC(Oc3ccc(OC(F)(F)F)cc3)CC2)CCN(OC2CCCCO2)CC1. The summed E-state index contributed by atoms with van der Waals surface area (Å²) in [6, 6.07) is 4.93. The highest BCUT2D eigenvalue weighted by molar-refractivity contribution is 7.91. The van der Waals surface area contributed by atoms with Crippen LogP contribution >= 0.6 is 0 Å². The van der Waals surface area contributed by atoms with Crippen LogP contribution in [0.3, 0.4) is 0 Å². The van der Waals surface area contributed by atoms with Gasteiger partial charge >= 0.3 is 6.36 Å². The Morgan fingerprint density at radius 1 is 1.00 bits per heavy atom. The molecule has 3 aliphatic rings. The smallest absolute Gasteiger partial charge is 0.548 e. The molecular weight excluding hydrogens is 521 g/mol. The lowest BCUT2D eigenvalue weighted by atomic mass is 9.97. The van der Waals surface area contributed by atoms with Crippen LogP contribution in [0.15, 0.2) is 24.3 Å². The topological polar surface area (TPSA) is 118 Å². The van der Waals surface area contributed by atoms with Gasteiger partial charge in [0.05, 0.1) is 5.97 Å². The molecule has 1 atom stereocenters. The predicted molar refractivity (Wildman–Crippen MR) is 120 cm³/mol. The second-order valence-electron chi connectivity index (χ2n) is 9.35. The van der Waals surface area contributed by atoms with Gasteiger partial charge in [-0.1, -0.05) is 0 Å². The second-order valence-corrected chi connectivity index (χ2v) is 11.6. The number of hydroxylamine groups is 2. The van der Waals surface area contributed by atoms with Crippen molar-refractivity contribution in [2.45, 2.75) is 68.4 Å². The second kappa shape index (κ2) is 11.3. The standard InChI is InChI=1S/C23H31F3N2O8S/c24-23(25,26)35-19-6-4-17(5-7-19)34-18-8-12-28(13-9-18)37(31,32)22(21(29)30)10-14-27(15-11-22)36-20-3-1-2-16-33-20/h4-7,18,20H,1-3,8-16H2,(H,29,30)/p-1. The number of carboxylic acid groups (broad SMARTS) is 1. The van der Waals surface area contributed by atoms with Crippen molar-refractivity contribution in [2.75, 3.05) is 32.8 Å². The Bertz CT molecular complexity index is 1020. The van der Waals surface area contributed by atoms with E-state index in [0.29, 0.717) is 12.4 Å². The lowest BCUT2D eigenvalue weighted by molar-refractivity contribution is -0.317. The first-order valence-electron chi connectivity index (χ1n) is 12.3. The van der Waals surface area contributed by atoms with Crippen molar-refractivity contribution in [1.29, 1.82) is 0 Å². The molecule has 0 N–H and O–H groups in total. The van der Waals surface area contributed by atoms with Gasteiger partial charge in [0.1, 0.15) is 22.4 Å². The molecule has 0 spiro atoms. The van der Waals surface area contributed by atoms with Gasteiger partial charge in [-0.15, -0.1) is 13.2 Å². The average Bonchev–Trinajstić information content (AvgIpc) is 2.85. The van der Waals surface area contributed by atoms with E-state index in [1.54, 1.807) is 5.06 Å². The number of carbonyl (C=O) groups excluding carboxylic acids is 1. The summed E-state index contributed by atoms with van der Waals surface area (Å²) < 4.78 is 78.2. The molecule has 0 aromatic heterocycles. The first-order chi connectivity index (χ1) is 17.5. The van der Waals surface area contributed by atoms with Crippen LogP contribution in [0.5, 0.6) is 11.5 Å². The van der Waals surface area contributed by atoms with Gasteiger partial charge in [0.25, 0.3) is 0 Å². The molecule has 37 heavy (non-hydrogen) atoms. The summed E-state index contributed by atoms with van der Waals surface area (Å²) in [5, 5.41) is 13.7. The van der Waals surface area contributed by atoms with Crippen molar-refractivity contribution in [1.82, 2.24) is 9.37 Å². The van der Waals surface area contributed by atoms with Crippen LogP contribution < -0.4 is 14.6 Å². The molecule has 0 saturated carbocycles. The number of aliphatic carboxylic acids is 1. The summed E-state index contributed by atoms with van der Waals surface area (Å²) in [7, 11) is -4.24. The number of carboxylic acids is 1. The first-order valence-corrected chi connectivity index (χ1v) is 13.7. The Balaban J connectivity index is 1.32. The molecule has 3 heterocycles. The summed E-state index contributed by atoms with van der Waals surface area (Å²) in [5.41, 5.74) is 0. The minimum absolute atomic E-state index is 0.0490. The van der Waals surface area contributed by atoms with Crippen molar-refractivity contribution >= 4 is 16.0 Å². The number of hydrogen-bond acceptors (Lipinski definition) is 9. The van der Waals surface area contributed by atoms with Crippen LogP contribution in [0.2, 0.25) is 0 Å². The monoisotopic (exact) mass is 551 g/mol. The van der Waals surface area contributed by atoms with Crippen LogP contribution in [-0.2, 0) is 24.4 Å². The van der Waals surface area contributed by atoms with E-state index >= 15 is 0 Å². The van der Waals surface area contributed by atoms with Gasteiger partial charge in [0, 0.05) is 39.2 Å². The van der Waals surface area contributed by atoms with E-state index in [1.165, 1.54) is 16.4 Å². The number of carbonyl (C=O) groups is 1. The van der Waals surface area contributed by atoms with E-state index < -0.39 is 33.4 Å². The maximum Gasteiger partial charge on any atom is 0.573 e. The number of rotatable bonds is 8. The summed E-state index contributed by atoms with van der Waals surface area (Å²) in [6.07, 6.45) is -2.71. The number of nitrogens with zero attached hydrogens (tertiary/aromatic N) is 2. The molecule has 3 saturated heterocycles. The van der Waals surface area contributed by atoms with Gasteiger partial charge in [-0.3, -0.25) is 4.84 Å². The van der Waals surface area contributed by atoms with E-state index in [4.69, 9.17) is 14.3 Å². The quantitative estimate of drug-likeness (QED) is 0.477. The van der Waals surface area contributed by atoms with Gasteiger partial charge in [-0.25, -0.2) is 12.7 Å². The molecule has 0 amide bonds. The molecule has 14 heteroatoms. The molecule has 1 aromatic carbocycles. The molecule has 1 unspecified atom stereocenters. The Hall–Kier alpha value is -2.13. The minimum atomic E-state index is -4.79. The molecule has 0 radical (unpaired) electrons. The van der Waals surface area contributed by atoms with Gasteiger partial charge < -0.3 is 24.1 Å². The third kappa shape index (κ3) is 6.66. The number of piperidine rings is 2. The normalized spacial score (nSPS) is 24.5. The first kappa shape index (κ1) is 27.9. The fraction of sp³-hybridized carbons (Fsp3) is 0.696. The molecule has 0 aliphatic carbocycles. The van der Waals surface area contributed by atoms with Crippen LogP contribution in [0.1, 0.15) is 44.9 Å². The van der Waals surface area contributed by atoms with Crippen LogP contribution in [-0.4, -0.2) is 80.0 Å². The third-order valence-corrected chi connectivity index (χ3v) is 9.51. The number of sulfonamides is 1. The zero-order valence-electron chi connectivity index (χ0n) is 20.2. The molecule has 3 aliphatic heterocycles. The summed E-state index contributed by atoms with van der Waals surface area (Å²) >= 11 is 0. The van der Waals surface area contributed by atoms with Crippen molar-refractivity contribution in [3.8, 4) is 11.5 Å². The fourth-order valence-electron chi connectivity index (χ4n) is 4.83. The Labute approximate surface area is 213 Å². The zero-order chi connectivity index (χ0) is 26.7. The maximum absolute atomic E-state index is 13.5. The van der Waals surface area contributed by atoms with Gasteiger partial charge in [0.15, 0.2) is 6.29 Å². The van der Waals surface area contributed by atoms with Gasteiger partial charge in [0.2, 0.25) is 10.0 Å². The van der Waals surface area contributed by atoms with E-state index in [-0.39, 0.29) is 63.7 Å². The third-order valence-electron chi connectivity index (χ3n) is 6.90. The summed E-state index contributed by atoms with van der Waals surface area (Å²) in [5.74, 6) is -1.69. The zero-order valence-corrected chi connectivity index (χ0v) is 21.0. The number of hydrogen-bond donors (Lipinski definition) is 0. The Kier molecular flexibility index (Phi) is 8.53. The molecular formula is C23H30F3N2O8S-. The number of ether oxygens (including phenoxy) is 3. The maximum atomic E-state index is 13.5. The lowest BCUT2D eigenvalue weighted by Crippen LogP contribution is -2.63. The number of halogens is 3. The van der Waals surface area contributed by atoms with Crippen molar-refractivity contribution < 1.29 is 50.5 Å². The van der Waals surface area contributed by atoms with Gasteiger partial charge in [-0.2, -0.15) is 5.06 Å². The van der Waals surface area contributed by atoms with E-state index in [9.17, 15) is 31.5 Å². The highest BCUT2D eigenvalue weighted by atomic mass is 32.2. The lowest BCUT2D eigenvalue weighted by Gasteiger charge is -2.45.